The molecule has 0 aliphatic heterocycles. The van der Waals surface area contributed by atoms with Crippen LogP contribution >= 0.6 is 7.14 Å². The summed E-state index contributed by atoms with van der Waals surface area (Å²) in [5, 5.41) is 1.83. The van der Waals surface area contributed by atoms with Crippen molar-refractivity contribution in [3.05, 3.63) is 60.7 Å². The largest absolute Gasteiger partial charge is 0.314 e. The van der Waals surface area contributed by atoms with E-state index in [-0.39, 0.29) is 0 Å². The molecule has 2 aromatic rings. The predicted octanol–water partition coefficient (Wildman–Crippen LogP) is 2.63. The van der Waals surface area contributed by atoms with Crippen LogP contribution in [0.1, 0.15) is 0 Å². The molecule has 0 aromatic heterocycles. The lowest BCUT2D eigenvalue weighted by Crippen LogP contribution is -2.14. The lowest BCUT2D eigenvalue weighted by atomic mass is 10.4. The highest BCUT2D eigenvalue weighted by molar-refractivity contribution is 7.78. The van der Waals surface area contributed by atoms with E-state index >= 15 is 0 Å². The number of benzene rings is 2. The molecule has 0 aliphatic rings. The fraction of sp³-hybridized carbons (Fsp3) is 0.0769. The molecule has 0 saturated heterocycles. The molecule has 2 aromatic carbocycles. The number of hydrogen-bond acceptors (Lipinski definition) is 1. The maximum Gasteiger partial charge on any atom is 0.140 e. The zero-order chi connectivity index (χ0) is 10.7. The van der Waals surface area contributed by atoms with Gasteiger partial charge in [-0.15, -0.1) is 0 Å². The molecule has 0 amide bonds. The second-order valence-corrected chi connectivity index (χ2v) is 6.48. The monoisotopic (exact) mass is 216 g/mol. The van der Waals surface area contributed by atoms with Crippen molar-refractivity contribution in [2.24, 2.45) is 0 Å². The molecule has 0 N–H and O–H groups in total. The van der Waals surface area contributed by atoms with E-state index in [1.54, 1.807) is 0 Å². The zero-order valence-corrected chi connectivity index (χ0v) is 9.52. The minimum absolute atomic E-state index is 0.913. The molecule has 0 saturated carbocycles. The zero-order valence-electron chi connectivity index (χ0n) is 8.63. The number of rotatable bonds is 2. The molecule has 0 aliphatic carbocycles. The van der Waals surface area contributed by atoms with Gasteiger partial charge in [0.25, 0.3) is 0 Å². The second kappa shape index (κ2) is 4.04. The van der Waals surface area contributed by atoms with Crippen molar-refractivity contribution in [3.63, 3.8) is 0 Å². The standard InChI is InChI=1S/C13H13OP/c1-15(14,12-8-4-2-5-9-12)13-10-6-3-7-11-13/h2-11H,1H3. The second-order valence-electron chi connectivity index (χ2n) is 3.60. The molecule has 1 nitrogen and oxygen atoms in total. The van der Waals surface area contributed by atoms with E-state index in [1.165, 1.54) is 0 Å². The van der Waals surface area contributed by atoms with Crippen LogP contribution in [0.25, 0.3) is 0 Å². The molecule has 2 rings (SSSR count). The van der Waals surface area contributed by atoms with Crippen LogP contribution in [0.3, 0.4) is 0 Å². The summed E-state index contributed by atoms with van der Waals surface area (Å²) in [6.07, 6.45) is 0. The first kappa shape index (κ1) is 10.2. The lowest BCUT2D eigenvalue weighted by Gasteiger charge is -2.13. The first-order valence-corrected chi connectivity index (χ1v) is 7.05. The first-order chi connectivity index (χ1) is 7.21. The van der Waals surface area contributed by atoms with E-state index in [0.29, 0.717) is 0 Å². The SMILES string of the molecule is CP(=O)(c1ccccc1)c1ccccc1. The van der Waals surface area contributed by atoms with Gasteiger partial charge in [0.1, 0.15) is 7.14 Å². The Morgan fingerprint density at radius 1 is 0.733 bits per heavy atom. The van der Waals surface area contributed by atoms with Crippen molar-refractivity contribution in [1.29, 1.82) is 0 Å². The van der Waals surface area contributed by atoms with Crippen LogP contribution in [0.4, 0.5) is 0 Å². The summed E-state index contributed by atoms with van der Waals surface area (Å²) in [5.41, 5.74) is 0. The maximum absolute atomic E-state index is 12.6. The van der Waals surface area contributed by atoms with Gasteiger partial charge in [-0.05, 0) is 6.66 Å². The summed E-state index contributed by atoms with van der Waals surface area (Å²) >= 11 is 0. The van der Waals surface area contributed by atoms with E-state index in [1.807, 2.05) is 67.3 Å². The predicted molar refractivity (Wildman–Crippen MR) is 65.7 cm³/mol. The van der Waals surface area contributed by atoms with Gasteiger partial charge < -0.3 is 4.57 Å². The minimum Gasteiger partial charge on any atom is -0.314 e. The van der Waals surface area contributed by atoms with Gasteiger partial charge >= 0.3 is 0 Å². The van der Waals surface area contributed by atoms with Crippen LogP contribution in [-0.4, -0.2) is 6.66 Å². The van der Waals surface area contributed by atoms with E-state index in [4.69, 9.17) is 0 Å². The normalized spacial score (nSPS) is 11.3. The third kappa shape index (κ3) is 2.03. The van der Waals surface area contributed by atoms with Gasteiger partial charge in [-0.2, -0.15) is 0 Å². The molecule has 0 unspecified atom stereocenters. The summed E-state index contributed by atoms with van der Waals surface area (Å²) in [4.78, 5) is 0. The lowest BCUT2D eigenvalue weighted by molar-refractivity contribution is 0.590. The first-order valence-electron chi connectivity index (χ1n) is 4.90. The van der Waals surface area contributed by atoms with Crippen LogP contribution in [0.15, 0.2) is 60.7 Å². The third-order valence-corrected chi connectivity index (χ3v) is 5.06. The van der Waals surface area contributed by atoms with Gasteiger partial charge in [-0.25, -0.2) is 0 Å². The van der Waals surface area contributed by atoms with Crippen LogP contribution in [0, 0.1) is 0 Å². The Hall–Kier alpha value is -1.33. The van der Waals surface area contributed by atoms with E-state index < -0.39 is 7.14 Å². The molecule has 0 spiro atoms. The van der Waals surface area contributed by atoms with Crippen molar-refractivity contribution < 1.29 is 4.57 Å². The third-order valence-electron chi connectivity index (χ3n) is 2.50. The van der Waals surface area contributed by atoms with Crippen molar-refractivity contribution in [3.8, 4) is 0 Å². The van der Waals surface area contributed by atoms with E-state index in [9.17, 15) is 4.57 Å². The smallest absolute Gasteiger partial charge is 0.140 e. The molecule has 0 radical (unpaired) electrons. The molecule has 76 valence electrons. The Balaban J connectivity index is 2.50. The van der Waals surface area contributed by atoms with Crippen molar-refractivity contribution in [2.45, 2.75) is 0 Å². The molecule has 0 heterocycles. The average molecular weight is 216 g/mol. The van der Waals surface area contributed by atoms with Gasteiger partial charge in [0.2, 0.25) is 0 Å². The van der Waals surface area contributed by atoms with Gasteiger partial charge in [-0.3, -0.25) is 0 Å². The van der Waals surface area contributed by atoms with E-state index in [2.05, 4.69) is 0 Å². The van der Waals surface area contributed by atoms with Crippen molar-refractivity contribution >= 4 is 17.8 Å². The highest BCUT2D eigenvalue weighted by atomic mass is 31.2. The van der Waals surface area contributed by atoms with Crippen LogP contribution in [0.2, 0.25) is 0 Å². The van der Waals surface area contributed by atoms with Gasteiger partial charge in [0.15, 0.2) is 0 Å². The highest BCUT2D eigenvalue weighted by Gasteiger charge is 2.19. The molecule has 15 heavy (non-hydrogen) atoms. The van der Waals surface area contributed by atoms with Crippen LogP contribution in [0.5, 0.6) is 0 Å². The summed E-state index contributed by atoms with van der Waals surface area (Å²) in [6, 6.07) is 19.3. The molecule has 2 heteroatoms. The average Bonchev–Trinajstić information content (AvgIpc) is 2.31. The summed E-state index contributed by atoms with van der Waals surface area (Å²) in [7, 11) is -2.40. The molecule has 0 fully saturated rings. The number of hydrogen-bond donors (Lipinski definition) is 0. The summed E-state index contributed by atoms with van der Waals surface area (Å²) < 4.78 is 12.6. The van der Waals surface area contributed by atoms with Crippen molar-refractivity contribution in [1.82, 2.24) is 0 Å². The summed E-state index contributed by atoms with van der Waals surface area (Å²) in [5.74, 6) is 0. The van der Waals surface area contributed by atoms with E-state index in [0.717, 1.165) is 10.6 Å². The highest BCUT2D eigenvalue weighted by Crippen LogP contribution is 2.38. The van der Waals surface area contributed by atoms with Crippen LogP contribution < -0.4 is 10.6 Å². The Bertz CT molecular complexity index is 433. The van der Waals surface area contributed by atoms with Gasteiger partial charge in [0.05, 0.1) is 0 Å². The fourth-order valence-corrected chi connectivity index (χ4v) is 3.35. The quantitative estimate of drug-likeness (QED) is 0.705. The Labute approximate surface area is 90.1 Å². The Morgan fingerprint density at radius 3 is 1.40 bits per heavy atom. The fourth-order valence-electron chi connectivity index (χ4n) is 1.57. The molecular weight excluding hydrogens is 203 g/mol. The molecular formula is C13H13OP. The van der Waals surface area contributed by atoms with Crippen LogP contribution in [-0.2, 0) is 4.57 Å². The minimum atomic E-state index is -2.40. The Morgan fingerprint density at radius 2 is 1.07 bits per heavy atom. The molecule has 0 bridgehead atoms. The maximum atomic E-state index is 12.6. The van der Waals surface area contributed by atoms with Gasteiger partial charge in [-0.1, -0.05) is 60.7 Å². The molecule has 0 atom stereocenters. The van der Waals surface area contributed by atoms with Crippen molar-refractivity contribution in [2.75, 3.05) is 6.66 Å². The van der Waals surface area contributed by atoms with Gasteiger partial charge in [0, 0.05) is 10.6 Å². The topological polar surface area (TPSA) is 17.1 Å². The summed E-state index contributed by atoms with van der Waals surface area (Å²) in [6.45, 7) is 1.82. The Kier molecular flexibility index (Phi) is 2.75.